The van der Waals surface area contributed by atoms with Crippen LogP contribution in [0.3, 0.4) is 0 Å². The molecule has 1 fully saturated rings. The average molecular weight is 428 g/mol. The molecule has 5 rings (SSSR count). The van der Waals surface area contributed by atoms with Crippen molar-refractivity contribution in [1.82, 2.24) is 19.8 Å². The van der Waals surface area contributed by atoms with E-state index in [2.05, 4.69) is 22.2 Å². The minimum atomic E-state index is -0.00422. The van der Waals surface area contributed by atoms with Crippen molar-refractivity contribution in [2.75, 3.05) is 38.5 Å². The van der Waals surface area contributed by atoms with E-state index in [-0.39, 0.29) is 5.91 Å². The summed E-state index contributed by atoms with van der Waals surface area (Å²) in [5.41, 5.74) is 3.08. The largest absolute Gasteiger partial charge is 0.454 e. The maximum atomic E-state index is 13.3. The summed E-state index contributed by atoms with van der Waals surface area (Å²) in [4.78, 5) is 26.4. The second-order valence-electron chi connectivity index (χ2n) is 8.05. The van der Waals surface area contributed by atoms with Gasteiger partial charge in [0.25, 0.3) is 5.91 Å². The number of hydrogen-bond donors (Lipinski definition) is 1. The lowest BCUT2D eigenvalue weighted by Gasteiger charge is -2.32. The van der Waals surface area contributed by atoms with Crippen LogP contribution in [-0.2, 0) is 6.54 Å². The molecular weight excluding hydrogens is 402 g/mol. The van der Waals surface area contributed by atoms with Crippen LogP contribution in [0.4, 0.5) is 5.82 Å². The van der Waals surface area contributed by atoms with Crippen LogP contribution < -0.4 is 5.32 Å². The number of furan rings is 1. The number of rotatable bonds is 5. The fourth-order valence-corrected chi connectivity index (χ4v) is 3.88. The van der Waals surface area contributed by atoms with E-state index in [0.29, 0.717) is 42.5 Å². The van der Waals surface area contributed by atoms with E-state index in [0.717, 1.165) is 29.6 Å². The highest BCUT2D eigenvalue weighted by Crippen LogP contribution is 2.29. The van der Waals surface area contributed by atoms with Gasteiger partial charge in [0.2, 0.25) is 0 Å². The summed E-state index contributed by atoms with van der Waals surface area (Å²) in [6.45, 7) is 3.68. The zero-order valence-electron chi connectivity index (χ0n) is 18.0. The van der Waals surface area contributed by atoms with E-state index in [4.69, 9.17) is 9.40 Å². The molecule has 7 nitrogen and oxygen atoms in total. The molecule has 0 saturated carbocycles. The summed E-state index contributed by atoms with van der Waals surface area (Å²) in [6, 6.07) is 17.4. The van der Waals surface area contributed by atoms with Gasteiger partial charge in [0, 0.05) is 50.5 Å². The number of fused-ring (bicyclic) bond motifs is 1. The van der Waals surface area contributed by atoms with Crippen molar-refractivity contribution < 1.29 is 9.21 Å². The third kappa shape index (κ3) is 4.20. The van der Waals surface area contributed by atoms with Crippen LogP contribution in [0.15, 0.2) is 71.4 Å². The maximum Gasteiger partial charge on any atom is 0.257 e. The number of nitrogens with zero attached hydrogens (tertiary/aromatic N) is 4. The van der Waals surface area contributed by atoms with Crippen molar-refractivity contribution in [3.05, 3.63) is 78.1 Å². The molecule has 0 radical (unpaired) electrons. The summed E-state index contributed by atoms with van der Waals surface area (Å²) in [5.74, 6) is 1.22. The van der Waals surface area contributed by atoms with Crippen molar-refractivity contribution in [3.8, 4) is 11.5 Å². The normalized spacial score (nSPS) is 14.6. The van der Waals surface area contributed by atoms with Gasteiger partial charge in [-0.3, -0.25) is 9.78 Å². The molecule has 0 atom stereocenters. The SMILES string of the molecule is CN1CCN(C(=O)c2ccc(-c3cc4ccccc4o3)nc2NCc2cccnc2)CC1. The Hall–Kier alpha value is -3.71. The number of hydrogen-bond acceptors (Lipinski definition) is 6. The summed E-state index contributed by atoms with van der Waals surface area (Å²) < 4.78 is 6.00. The second kappa shape index (κ2) is 8.80. The van der Waals surface area contributed by atoms with E-state index in [1.807, 2.05) is 59.5 Å². The van der Waals surface area contributed by atoms with Gasteiger partial charge in [0.15, 0.2) is 5.76 Å². The van der Waals surface area contributed by atoms with Gasteiger partial charge in [-0.05, 0) is 42.9 Å². The monoisotopic (exact) mass is 427 g/mol. The quantitative estimate of drug-likeness (QED) is 0.521. The number of aromatic nitrogens is 2. The van der Waals surface area contributed by atoms with Gasteiger partial charge in [0.05, 0.1) is 5.56 Å². The Morgan fingerprint density at radius 3 is 2.69 bits per heavy atom. The summed E-state index contributed by atoms with van der Waals surface area (Å²) in [5, 5.41) is 4.37. The smallest absolute Gasteiger partial charge is 0.257 e. The van der Waals surface area contributed by atoms with Gasteiger partial charge in [0.1, 0.15) is 17.1 Å². The first-order valence-electron chi connectivity index (χ1n) is 10.8. The van der Waals surface area contributed by atoms with Crippen molar-refractivity contribution in [1.29, 1.82) is 0 Å². The van der Waals surface area contributed by atoms with Gasteiger partial charge >= 0.3 is 0 Å². The molecule has 1 aromatic carbocycles. The van der Waals surface area contributed by atoms with Crippen LogP contribution >= 0.6 is 0 Å². The van der Waals surface area contributed by atoms with Crippen LogP contribution in [0, 0.1) is 0 Å². The lowest BCUT2D eigenvalue weighted by molar-refractivity contribution is 0.0664. The number of carbonyl (C=O) groups is 1. The van der Waals surface area contributed by atoms with E-state index >= 15 is 0 Å². The molecular formula is C25H25N5O2. The molecule has 4 heterocycles. The second-order valence-corrected chi connectivity index (χ2v) is 8.05. The Morgan fingerprint density at radius 1 is 1.06 bits per heavy atom. The number of pyridine rings is 2. The standard InChI is InChI=1S/C25H25N5O2/c1-29-11-13-30(14-12-29)25(31)20-8-9-21(23-15-19-6-2-3-7-22(19)32-23)28-24(20)27-17-18-5-4-10-26-16-18/h2-10,15-16H,11-14,17H2,1H3,(H,27,28). The lowest BCUT2D eigenvalue weighted by Crippen LogP contribution is -2.47. The van der Waals surface area contributed by atoms with E-state index in [1.54, 1.807) is 12.4 Å². The molecule has 1 N–H and O–H groups in total. The van der Waals surface area contributed by atoms with E-state index < -0.39 is 0 Å². The molecule has 1 aliphatic rings. The number of carbonyl (C=O) groups excluding carboxylic acids is 1. The highest BCUT2D eigenvalue weighted by atomic mass is 16.3. The van der Waals surface area contributed by atoms with Crippen LogP contribution in [0.1, 0.15) is 15.9 Å². The van der Waals surface area contributed by atoms with Crippen LogP contribution in [0.25, 0.3) is 22.4 Å². The fraction of sp³-hybridized carbons (Fsp3) is 0.240. The fourth-order valence-electron chi connectivity index (χ4n) is 3.88. The Labute approximate surface area is 186 Å². The highest BCUT2D eigenvalue weighted by molar-refractivity contribution is 5.99. The topological polar surface area (TPSA) is 74.5 Å². The molecule has 1 amide bonds. The number of benzene rings is 1. The first-order valence-corrected chi connectivity index (χ1v) is 10.8. The molecule has 3 aromatic heterocycles. The molecule has 1 aliphatic heterocycles. The number of para-hydroxylation sites is 1. The molecule has 0 aliphatic carbocycles. The van der Waals surface area contributed by atoms with Crippen molar-refractivity contribution >= 4 is 22.7 Å². The molecule has 0 spiro atoms. The molecule has 162 valence electrons. The van der Waals surface area contributed by atoms with Crippen molar-refractivity contribution in [2.24, 2.45) is 0 Å². The number of anilines is 1. The number of piperazine rings is 1. The van der Waals surface area contributed by atoms with Gasteiger partial charge in [-0.15, -0.1) is 0 Å². The predicted molar refractivity (Wildman–Crippen MR) is 124 cm³/mol. The number of likely N-dealkylation sites (N-methyl/N-ethyl adjacent to an activating group) is 1. The third-order valence-corrected chi connectivity index (χ3v) is 5.78. The number of nitrogens with one attached hydrogen (secondary N) is 1. The Morgan fingerprint density at radius 2 is 1.91 bits per heavy atom. The van der Waals surface area contributed by atoms with Crippen LogP contribution in [0.5, 0.6) is 0 Å². The Bertz CT molecular complexity index is 1200. The predicted octanol–water partition coefficient (Wildman–Crippen LogP) is 3.89. The first-order chi connectivity index (χ1) is 15.7. The van der Waals surface area contributed by atoms with Crippen LogP contribution in [-0.4, -0.2) is 58.9 Å². The minimum Gasteiger partial charge on any atom is -0.454 e. The van der Waals surface area contributed by atoms with Gasteiger partial charge in [-0.2, -0.15) is 0 Å². The van der Waals surface area contributed by atoms with Gasteiger partial charge in [-0.1, -0.05) is 24.3 Å². The maximum absolute atomic E-state index is 13.3. The molecule has 1 saturated heterocycles. The number of amides is 1. The van der Waals surface area contributed by atoms with E-state index in [9.17, 15) is 4.79 Å². The zero-order chi connectivity index (χ0) is 21.9. The average Bonchev–Trinajstić information content (AvgIpc) is 3.28. The summed E-state index contributed by atoms with van der Waals surface area (Å²) in [6.07, 6.45) is 3.55. The van der Waals surface area contributed by atoms with Gasteiger partial charge < -0.3 is 19.5 Å². The lowest BCUT2D eigenvalue weighted by atomic mass is 10.1. The van der Waals surface area contributed by atoms with Crippen LogP contribution in [0.2, 0.25) is 0 Å². The minimum absolute atomic E-state index is 0.00422. The molecule has 0 bridgehead atoms. The Balaban J connectivity index is 1.48. The summed E-state index contributed by atoms with van der Waals surface area (Å²) in [7, 11) is 2.08. The Kier molecular flexibility index (Phi) is 5.56. The van der Waals surface area contributed by atoms with Crippen molar-refractivity contribution in [3.63, 3.8) is 0 Å². The molecule has 0 unspecified atom stereocenters. The van der Waals surface area contributed by atoms with E-state index in [1.165, 1.54) is 0 Å². The highest BCUT2D eigenvalue weighted by Gasteiger charge is 2.24. The summed E-state index contributed by atoms with van der Waals surface area (Å²) >= 11 is 0. The zero-order valence-corrected chi connectivity index (χ0v) is 18.0. The first kappa shape index (κ1) is 20.2. The molecule has 4 aromatic rings. The third-order valence-electron chi connectivity index (χ3n) is 5.78. The molecule has 7 heteroatoms. The molecule has 32 heavy (non-hydrogen) atoms. The van der Waals surface area contributed by atoms with Crippen molar-refractivity contribution in [2.45, 2.75) is 6.54 Å². The van der Waals surface area contributed by atoms with Gasteiger partial charge in [-0.25, -0.2) is 4.98 Å².